The average Bonchev–Trinajstić information content (AvgIpc) is 2.38. The molecule has 0 spiro atoms. The highest BCUT2D eigenvalue weighted by Crippen LogP contribution is 2.15. The van der Waals surface area contributed by atoms with E-state index in [1.54, 1.807) is 30.3 Å². The van der Waals surface area contributed by atoms with Crippen LogP contribution in [0.4, 0.5) is 5.69 Å². The first kappa shape index (κ1) is 15.0. The molecule has 1 aromatic carbocycles. The lowest BCUT2D eigenvalue weighted by Gasteiger charge is -2.05. The number of benzene rings is 1. The molecule has 0 atom stereocenters. The predicted octanol–water partition coefficient (Wildman–Crippen LogP) is 1.66. The lowest BCUT2D eigenvalue weighted by Crippen LogP contribution is -2.17. The third-order valence-corrected chi connectivity index (χ3v) is 2.41. The summed E-state index contributed by atoms with van der Waals surface area (Å²) < 4.78 is 0. The highest BCUT2D eigenvalue weighted by molar-refractivity contribution is 6.31. The average molecular weight is 280 g/mol. The fourth-order valence-corrected chi connectivity index (χ4v) is 1.46. The maximum atomic E-state index is 11.8. The number of amides is 1. The summed E-state index contributed by atoms with van der Waals surface area (Å²) in [6, 6.07) is 8.46. The summed E-state index contributed by atoms with van der Waals surface area (Å²) in [5.41, 5.74) is 0.479. The second-order valence-electron chi connectivity index (χ2n) is 3.67. The number of aliphatic hydroxyl groups excluding tert-OH is 1. The van der Waals surface area contributed by atoms with Crippen LogP contribution in [0.1, 0.15) is 6.42 Å². The first-order chi connectivity index (χ1) is 9.17. The van der Waals surface area contributed by atoms with Crippen molar-refractivity contribution in [1.82, 2.24) is 5.32 Å². The Bertz CT molecular complexity index is 509. The highest BCUT2D eigenvalue weighted by Gasteiger charge is 2.08. The Morgan fingerprint density at radius 1 is 1.53 bits per heavy atom. The normalized spacial score (nSPS) is 10.7. The molecule has 19 heavy (non-hydrogen) atoms. The highest BCUT2D eigenvalue weighted by atomic mass is 35.5. The van der Waals surface area contributed by atoms with E-state index in [1.807, 2.05) is 0 Å². The predicted molar refractivity (Wildman–Crippen MR) is 73.5 cm³/mol. The van der Waals surface area contributed by atoms with E-state index in [9.17, 15) is 4.79 Å². The van der Waals surface area contributed by atoms with E-state index in [2.05, 4.69) is 10.6 Å². The number of carbonyl (C=O) groups excluding carboxylic acids is 1. The van der Waals surface area contributed by atoms with Crippen LogP contribution < -0.4 is 10.6 Å². The number of carbonyl (C=O) groups is 1. The topological polar surface area (TPSA) is 85.2 Å². The van der Waals surface area contributed by atoms with Gasteiger partial charge >= 0.3 is 0 Å². The number of aliphatic hydroxyl groups is 1. The number of rotatable bonds is 6. The molecule has 1 amide bonds. The number of halogens is 1. The summed E-state index contributed by atoms with van der Waals surface area (Å²) in [6.07, 6.45) is 1.88. The van der Waals surface area contributed by atoms with Crippen LogP contribution in [0.3, 0.4) is 0 Å². The van der Waals surface area contributed by atoms with Crippen LogP contribution in [0.2, 0.25) is 5.02 Å². The SMILES string of the molecule is N#C/C(=C/NCCCO)C(=O)Nc1cccc(Cl)c1. The smallest absolute Gasteiger partial charge is 0.267 e. The van der Waals surface area contributed by atoms with Crippen LogP contribution >= 0.6 is 11.6 Å². The number of hydrogen-bond donors (Lipinski definition) is 3. The summed E-state index contributed by atoms with van der Waals surface area (Å²) in [5.74, 6) is -0.513. The van der Waals surface area contributed by atoms with E-state index in [-0.39, 0.29) is 12.2 Å². The first-order valence-corrected chi connectivity index (χ1v) is 6.06. The monoisotopic (exact) mass is 279 g/mol. The maximum absolute atomic E-state index is 11.8. The third-order valence-electron chi connectivity index (χ3n) is 2.17. The van der Waals surface area contributed by atoms with Crippen molar-refractivity contribution in [2.24, 2.45) is 0 Å². The molecule has 5 nitrogen and oxygen atoms in total. The van der Waals surface area contributed by atoms with Gasteiger partial charge in [-0.1, -0.05) is 17.7 Å². The van der Waals surface area contributed by atoms with Crippen molar-refractivity contribution in [3.63, 3.8) is 0 Å². The molecule has 6 heteroatoms. The van der Waals surface area contributed by atoms with Crippen molar-refractivity contribution in [2.45, 2.75) is 6.42 Å². The zero-order valence-corrected chi connectivity index (χ0v) is 10.9. The molecule has 1 aromatic rings. The van der Waals surface area contributed by atoms with Crippen molar-refractivity contribution in [3.05, 3.63) is 41.1 Å². The first-order valence-electron chi connectivity index (χ1n) is 5.69. The van der Waals surface area contributed by atoms with Gasteiger partial charge in [-0.3, -0.25) is 4.79 Å². The summed E-state index contributed by atoms with van der Waals surface area (Å²) >= 11 is 5.79. The van der Waals surface area contributed by atoms with Gasteiger partial charge in [0.15, 0.2) is 0 Å². The van der Waals surface area contributed by atoms with Gasteiger partial charge in [-0.05, 0) is 24.6 Å². The molecule has 0 fully saturated rings. The van der Waals surface area contributed by atoms with Gasteiger partial charge in [0.1, 0.15) is 11.6 Å². The van der Waals surface area contributed by atoms with E-state index in [4.69, 9.17) is 22.0 Å². The van der Waals surface area contributed by atoms with Crippen LogP contribution in [0.25, 0.3) is 0 Å². The molecule has 0 saturated heterocycles. The summed E-state index contributed by atoms with van der Waals surface area (Å²) in [4.78, 5) is 11.8. The van der Waals surface area contributed by atoms with Crippen molar-refractivity contribution < 1.29 is 9.90 Å². The largest absolute Gasteiger partial charge is 0.396 e. The van der Waals surface area contributed by atoms with Gasteiger partial charge in [-0.2, -0.15) is 5.26 Å². The Labute approximate surface area is 116 Å². The lowest BCUT2D eigenvalue weighted by molar-refractivity contribution is -0.112. The minimum atomic E-state index is -0.513. The molecule has 0 saturated carbocycles. The maximum Gasteiger partial charge on any atom is 0.267 e. The molecule has 0 aliphatic rings. The molecular weight excluding hydrogens is 266 g/mol. The fraction of sp³-hybridized carbons (Fsp3) is 0.231. The molecule has 0 aromatic heterocycles. The van der Waals surface area contributed by atoms with E-state index < -0.39 is 5.91 Å². The van der Waals surface area contributed by atoms with Gasteiger partial charge in [0, 0.05) is 30.1 Å². The van der Waals surface area contributed by atoms with Crippen LogP contribution in [-0.2, 0) is 4.79 Å². The second kappa shape index (κ2) is 8.14. The molecule has 0 unspecified atom stereocenters. The zero-order chi connectivity index (χ0) is 14.1. The Hall–Kier alpha value is -2.03. The van der Waals surface area contributed by atoms with Gasteiger partial charge in [0.25, 0.3) is 5.91 Å². The number of nitrogens with zero attached hydrogens (tertiary/aromatic N) is 1. The van der Waals surface area contributed by atoms with Crippen LogP contribution in [0, 0.1) is 11.3 Å². The van der Waals surface area contributed by atoms with Crippen LogP contribution in [0.5, 0.6) is 0 Å². The molecule has 1 rings (SSSR count). The zero-order valence-electron chi connectivity index (χ0n) is 10.2. The quantitative estimate of drug-likeness (QED) is 0.420. The number of nitriles is 1. The van der Waals surface area contributed by atoms with Crippen molar-refractivity contribution in [3.8, 4) is 6.07 Å². The van der Waals surface area contributed by atoms with Gasteiger partial charge in [-0.25, -0.2) is 0 Å². The number of anilines is 1. The van der Waals surface area contributed by atoms with Gasteiger partial charge < -0.3 is 15.7 Å². The third kappa shape index (κ3) is 5.42. The van der Waals surface area contributed by atoms with Crippen molar-refractivity contribution in [1.29, 1.82) is 5.26 Å². The molecule has 3 N–H and O–H groups in total. The minimum Gasteiger partial charge on any atom is -0.396 e. The van der Waals surface area contributed by atoms with Crippen LogP contribution in [-0.4, -0.2) is 24.2 Å². The molecule has 0 bridgehead atoms. The molecule has 0 heterocycles. The molecule has 0 aliphatic heterocycles. The Kier molecular flexibility index (Phi) is 6.44. The molecule has 100 valence electrons. The van der Waals surface area contributed by atoms with Crippen molar-refractivity contribution in [2.75, 3.05) is 18.5 Å². The molecular formula is C13H14ClN3O2. The van der Waals surface area contributed by atoms with Gasteiger partial charge in [0.2, 0.25) is 0 Å². The van der Waals surface area contributed by atoms with E-state index in [1.165, 1.54) is 6.20 Å². The Morgan fingerprint density at radius 2 is 2.32 bits per heavy atom. The Balaban J connectivity index is 2.62. The summed E-state index contributed by atoms with van der Waals surface area (Å²) in [5, 5.41) is 23.3. The lowest BCUT2D eigenvalue weighted by atomic mass is 10.2. The van der Waals surface area contributed by atoms with Crippen LogP contribution in [0.15, 0.2) is 36.0 Å². The van der Waals surface area contributed by atoms with E-state index >= 15 is 0 Å². The minimum absolute atomic E-state index is 0.0436. The van der Waals surface area contributed by atoms with E-state index in [0.717, 1.165) is 0 Å². The summed E-state index contributed by atoms with van der Waals surface area (Å²) in [6.45, 7) is 0.545. The number of nitrogens with one attached hydrogen (secondary N) is 2. The van der Waals surface area contributed by atoms with Gasteiger partial charge in [0.05, 0.1) is 0 Å². The van der Waals surface area contributed by atoms with Gasteiger partial charge in [-0.15, -0.1) is 0 Å². The van der Waals surface area contributed by atoms with E-state index in [0.29, 0.717) is 23.7 Å². The Morgan fingerprint density at radius 3 is 2.95 bits per heavy atom. The molecule has 0 radical (unpaired) electrons. The standard InChI is InChI=1S/C13H14ClN3O2/c14-11-3-1-4-12(7-11)17-13(19)10(8-15)9-16-5-2-6-18/h1,3-4,7,9,16,18H,2,5-6H2,(H,17,19)/b10-9-. The molecule has 0 aliphatic carbocycles. The van der Waals surface area contributed by atoms with Crippen molar-refractivity contribution >= 4 is 23.2 Å². The fourth-order valence-electron chi connectivity index (χ4n) is 1.27. The summed E-state index contributed by atoms with van der Waals surface area (Å²) in [7, 11) is 0. The second-order valence-corrected chi connectivity index (χ2v) is 4.10. The number of hydrogen-bond acceptors (Lipinski definition) is 4.